The van der Waals surface area contributed by atoms with Crippen LogP contribution < -0.4 is 11.5 Å². The van der Waals surface area contributed by atoms with E-state index in [9.17, 15) is 4.39 Å². The van der Waals surface area contributed by atoms with Crippen molar-refractivity contribution < 1.29 is 4.39 Å². The largest absolute Gasteiger partial charge is 0.383 e. The second-order valence-corrected chi connectivity index (χ2v) is 3.55. The van der Waals surface area contributed by atoms with Gasteiger partial charge < -0.3 is 11.5 Å². The number of aromatic nitrogens is 1. The SMILES string of the molecule is CC(N)c1cccc2c(N)ncc(F)c12. The molecule has 0 spiro atoms. The second-order valence-electron chi connectivity index (χ2n) is 3.55. The van der Waals surface area contributed by atoms with Crippen LogP contribution in [0.1, 0.15) is 18.5 Å². The highest BCUT2D eigenvalue weighted by Gasteiger charge is 2.11. The van der Waals surface area contributed by atoms with Crippen LogP contribution in [0.2, 0.25) is 0 Å². The van der Waals surface area contributed by atoms with Gasteiger partial charge in [-0.15, -0.1) is 0 Å². The molecule has 1 atom stereocenters. The van der Waals surface area contributed by atoms with E-state index in [1.54, 1.807) is 18.2 Å². The number of pyridine rings is 1. The Morgan fingerprint density at radius 2 is 2.13 bits per heavy atom. The Labute approximate surface area is 86.9 Å². The van der Waals surface area contributed by atoms with Gasteiger partial charge in [-0.1, -0.05) is 18.2 Å². The number of rotatable bonds is 1. The van der Waals surface area contributed by atoms with Gasteiger partial charge in [-0.25, -0.2) is 9.37 Å². The quantitative estimate of drug-likeness (QED) is 0.748. The van der Waals surface area contributed by atoms with E-state index < -0.39 is 0 Å². The highest BCUT2D eigenvalue weighted by atomic mass is 19.1. The minimum absolute atomic E-state index is 0.231. The highest BCUT2D eigenvalue weighted by Crippen LogP contribution is 2.27. The minimum atomic E-state index is -0.382. The first-order valence-corrected chi connectivity index (χ1v) is 4.69. The van der Waals surface area contributed by atoms with Crippen molar-refractivity contribution in [1.29, 1.82) is 0 Å². The number of nitrogen functional groups attached to an aromatic ring is 1. The van der Waals surface area contributed by atoms with E-state index >= 15 is 0 Å². The summed E-state index contributed by atoms with van der Waals surface area (Å²) in [5.41, 5.74) is 12.2. The van der Waals surface area contributed by atoms with Crippen LogP contribution in [0, 0.1) is 5.82 Å². The van der Waals surface area contributed by atoms with Crippen molar-refractivity contribution in [2.24, 2.45) is 5.73 Å². The first kappa shape index (κ1) is 9.86. The number of nitrogens with zero attached hydrogens (tertiary/aromatic N) is 1. The van der Waals surface area contributed by atoms with Crippen molar-refractivity contribution in [3.8, 4) is 0 Å². The fourth-order valence-corrected chi connectivity index (χ4v) is 1.69. The average Bonchev–Trinajstić information content (AvgIpc) is 2.23. The van der Waals surface area contributed by atoms with E-state index in [-0.39, 0.29) is 11.9 Å². The summed E-state index contributed by atoms with van der Waals surface area (Å²) >= 11 is 0. The summed E-state index contributed by atoms with van der Waals surface area (Å²) in [6, 6.07) is 5.12. The molecule has 1 aromatic carbocycles. The van der Waals surface area contributed by atoms with Crippen LogP contribution in [0.5, 0.6) is 0 Å². The number of halogens is 1. The smallest absolute Gasteiger partial charge is 0.149 e. The summed E-state index contributed by atoms with van der Waals surface area (Å²) in [4.78, 5) is 3.77. The lowest BCUT2D eigenvalue weighted by atomic mass is 10.0. The van der Waals surface area contributed by atoms with Crippen LogP contribution in [-0.4, -0.2) is 4.98 Å². The van der Waals surface area contributed by atoms with Gasteiger partial charge in [0.1, 0.15) is 11.6 Å². The predicted octanol–water partition coefficient (Wildman–Crippen LogP) is 1.98. The third kappa shape index (κ3) is 1.53. The summed E-state index contributed by atoms with van der Waals surface area (Å²) < 4.78 is 13.6. The zero-order chi connectivity index (χ0) is 11.0. The van der Waals surface area contributed by atoms with Crippen molar-refractivity contribution in [2.75, 3.05) is 5.73 Å². The molecule has 3 nitrogen and oxygen atoms in total. The first-order chi connectivity index (χ1) is 7.11. The number of hydrogen-bond acceptors (Lipinski definition) is 3. The topological polar surface area (TPSA) is 64.9 Å². The highest BCUT2D eigenvalue weighted by molar-refractivity contribution is 5.93. The van der Waals surface area contributed by atoms with Crippen LogP contribution in [0.15, 0.2) is 24.4 Å². The molecule has 0 saturated heterocycles. The molecule has 4 heteroatoms. The van der Waals surface area contributed by atoms with E-state index in [1.165, 1.54) is 0 Å². The molecule has 0 aliphatic rings. The van der Waals surface area contributed by atoms with Gasteiger partial charge in [0.15, 0.2) is 0 Å². The number of nitrogens with two attached hydrogens (primary N) is 2. The summed E-state index contributed by atoms with van der Waals surface area (Å²) in [5.74, 6) is -0.0546. The Bertz CT molecular complexity index is 508. The third-order valence-corrected chi connectivity index (χ3v) is 2.42. The van der Waals surface area contributed by atoms with Crippen LogP contribution in [0.25, 0.3) is 10.8 Å². The lowest BCUT2D eigenvalue weighted by Gasteiger charge is -2.11. The Balaban J connectivity index is 2.90. The normalized spacial score (nSPS) is 13.0. The number of anilines is 1. The molecule has 78 valence electrons. The van der Waals surface area contributed by atoms with Gasteiger partial charge in [-0.2, -0.15) is 0 Å². The van der Waals surface area contributed by atoms with Gasteiger partial charge in [0.05, 0.1) is 6.20 Å². The predicted molar refractivity (Wildman–Crippen MR) is 58.7 cm³/mol. The van der Waals surface area contributed by atoms with Crippen molar-refractivity contribution in [2.45, 2.75) is 13.0 Å². The van der Waals surface area contributed by atoms with E-state index in [2.05, 4.69) is 4.98 Å². The maximum atomic E-state index is 13.6. The van der Waals surface area contributed by atoms with Crippen LogP contribution in [0.4, 0.5) is 10.2 Å². The van der Waals surface area contributed by atoms with Crippen molar-refractivity contribution in [3.05, 3.63) is 35.8 Å². The summed E-state index contributed by atoms with van der Waals surface area (Å²) in [7, 11) is 0. The molecular formula is C11H12FN3. The molecule has 0 saturated carbocycles. The maximum Gasteiger partial charge on any atom is 0.149 e. The Kier molecular flexibility index (Phi) is 2.28. The zero-order valence-corrected chi connectivity index (χ0v) is 8.37. The maximum absolute atomic E-state index is 13.6. The third-order valence-electron chi connectivity index (χ3n) is 2.42. The van der Waals surface area contributed by atoms with Gasteiger partial charge in [0.2, 0.25) is 0 Å². The lowest BCUT2D eigenvalue weighted by Crippen LogP contribution is -2.07. The molecule has 1 aromatic heterocycles. The molecule has 1 heterocycles. The molecule has 0 aliphatic heterocycles. The van der Waals surface area contributed by atoms with E-state index in [1.807, 2.05) is 6.92 Å². The molecule has 2 rings (SSSR count). The fraction of sp³-hybridized carbons (Fsp3) is 0.182. The van der Waals surface area contributed by atoms with Gasteiger partial charge in [0, 0.05) is 16.8 Å². The molecule has 0 aliphatic carbocycles. The number of hydrogen-bond donors (Lipinski definition) is 2. The van der Waals surface area contributed by atoms with Crippen LogP contribution in [0.3, 0.4) is 0 Å². The molecule has 0 radical (unpaired) electrons. The molecule has 1 unspecified atom stereocenters. The average molecular weight is 205 g/mol. The van der Waals surface area contributed by atoms with Crippen molar-refractivity contribution in [3.63, 3.8) is 0 Å². The van der Waals surface area contributed by atoms with Crippen LogP contribution in [-0.2, 0) is 0 Å². The van der Waals surface area contributed by atoms with Crippen molar-refractivity contribution in [1.82, 2.24) is 4.98 Å². The summed E-state index contributed by atoms with van der Waals surface area (Å²) in [6.45, 7) is 1.81. The Hall–Kier alpha value is -1.68. The molecule has 15 heavy (non-hydrogen) atoms. The lowest BCUT2D eigenvalue weighted by molar-refractivity contribution is 0.631. The first-order valence-electron chi connectivity index (χ1n) is 4.69. The van der Waals surface area contributed by atoms with Gasteiger partial charge >= 0.3 is 0 Å². The molecule has 0 fully saturated rings. The zero-order valence-electron chi connectivity index (χ0n) is 8.37. The standard InChI is InChI=1S/C11H12FN3/c1-6(13)7-3-2-4-8-10(7)9(12)5-15-11(8)14/h2-6H,13H2,1H3,(H2,14,15). The Morgan fingerprint density at radius 1 is 1.40 bits per heavy atom. The molecule has 0 amide bonds. The van der Waals surface area contributed by atoms with E-state index in [0.717, 1.165) is 11.8 Å². The molecular weight excluding hydrogens is 193 g/mol. The second kappa shape index (κ2) is 3.47. The molecule has 0 bridgehead atoms. The summed E-state index contributed by atoms with van der Waals surface area (Å²) in [6.07, 6.45) is 1.13. The summed E-state index contributed by atoms with van der Waals surface area (Å²) in [5, 5.41) is 1.09. The molecule has 4 N–H and O–H groups in total. The van der Waals surface area contributed by atoms with Crippen molar-refractivity contribution >= 4 is 16.6 Å². The number of benzene rings is 1. The molecule has 2 aromatic rings. The van der Waals surface area contributed by atoms with E-state index in [0.29, 0.717) is 16.6 Å². The Morgan fingerprint density at radius 3 is 2.80 bits per heavy atom. The fourth-order valence-electron chi connectivity index (χ4n) is 1.69. The van der Waals surface area contributed by atoms with E-state index in [4.69, 9.17) is 11.5 Å². The number of fused-ring (bicyclic) bond motifs is 1. The monoisotopic (exact) mass is 205 g/mol. The minimum Gasteiger partial charge on any atom is -0.383 e. The van der Waals surface area contributed by atoms with Crippen LogP contribution >= 0.6 is 0 Å². The van der Waals surface area contributed by atoms with Gasteiger partial charge in [-0.05, 0) is 12.5 Å². The van der Waals surface area contributed by atoms with Gasteiger partial charge in [0.25, 0.3) is 0 Å². The van der Waals surface area contributed by atoms with Gasteiger partial charge in [-0.3, -0.25) is 0 Å².